The zero-order valence-electron chi connectivity index (χ0n) is 12.3. The van der Waals surface area contributed by atoms with E-state index < -0.39 is 0 Å². The number of likely N-dealkylation sites (tertiary alicyclic amines) is 1. The second-order valence-corrected chi connectivity index (χ2v) is 5.65. The fraction of sp³-hybridized carbons (Fsp3) is 0.562. The lowest BCUT2D eigenvalue weighted by Crippen LogP contribution is -2.34. The van der Waals surface area contributed by atoms with Crippen LogP contribution in [0.15, 0.2) is 24.3 Å². The summed E-state index contributed by atoms with van der Waals surface area (Å²) in [5, 5.41) is 2.93. The molecule has 1 amide bonds. The topological polar surface area (TPSA) is 58.4 Å². The van der Waals surface area contributed by atoms with Gasteiger partial charge in [0.2, 0.25) is 5.91 Å². The van der Waals surface area contributed by atoms with Gasteiger partial charge in [-0.15, -0.1) is 0 Å². The van der Waals surface area contributed by atoms with E-state index in [-0.39, 0.29) is 5.91 Å². The highest BCUT2D eigenvalue weighted by Crippen LogP contribution is 2.20. The number of benzene rings is 1. The molecule has 1 fully saturated rings. The molecule has 0 aliphatic carbocycles. The van der Waals surface area contributed by atoms with Crippen LogP contribution in [0.5, 0.6) is 0 Å². The van der Waals surface area contributed by atoms with Gasteiger partial charge < -0.3 is 11.1 Å². The standard InChI is InChI=1S/C16H25N3O/c1-2-13-4-3-10-19(11-9-13)12-16(20)18-15-7-5-14(17)6-8-15/h5-8,13H,2-4,9-12,17H2,1H3,(H,18,20). The quantitative estimate of drug-likeness (QED) is 0.831. The summed E-state index contributed by atoms with van der Waals surface area (Å²) in [7, 11) is 0. The van der Waals surface area contributed by atoms with E-state index in [4.69, 9.17) is 5.73 Å². The van der Waals surface area contributed by atoms with Crippen molar-refractivity contribution < 1.29 is 4.79 Å². The number of hydrogen-bond acceptors (Lipinski definition) is 3. The van der Waals surface area contributed by atoms with Crippen LogP contribution in [0.2, 0.25) is 0 Å². The minimum Gasteiger partial charge on any atom is -0.399 e. The molecule has 4 nitrogen and oxygen atoms in total. The van der Waals surface area contributed by atoms with Crippen molar-refractivity contribution in [3.63, 3.8) is 0 Å². The molecule has 4 heteroatoms. The van der Waals surface area contributed by atoms with Gasteiger partial charge in [0.15, 0.2) is 0 Å². The first-order valence-corrected chi connectivity index (χ1v) is 7.55. The van der Waals surface area contributed by atoms with Crippen LogP contribution in [0.25, 0.3) is 0 Å². The lowest BCUT2D eigenvalue weighted by atomic mass is 9.98. The Kier molecular flexibility index (Phi) is 5.41. The molecule has 1 aliphatic heterocycles. The van der Waals surface area contributed by atoms with E-state index in [1.807, 2.05) is 12.1 Å². The van der Waals surface area contributed by atoms with Gasteiger partial charge in [0.1, 0.15) is 0 Å². The summed E-state index contributed by atoms with van der Waals surface area (Å²) < 4.78 is 0. The molecule has 2 rings (SSSR count). The smallest absolute Gasteiger partial charge is 0.238 e. The number of amides is 1. The highest BCUT2D eigenvalue weighted by molar-refractivity contribution is 5.92. The molecular weight excluding hydrogens is 250 g/mol. The third-order valence-electron chi connectivity index (χ3n) is 4.08. The lowest BCUT2D eigenvalue weighted by molar-refractivity contribution is -0.117. The predicted molar refractivity (Wildman–Crippen MR) is 83.6 cm³/mol. The largest absolute Gasteiger partial charge is 0.399 e. The van der Waals surface area contributed by atoms with Crippen molar-refractivity contribution in [3.8, 4) is 0 Å². The molecule has 20 heavy (non-hydrogen) atoms. The fourth-order valence-corrected chi connectivity index (χ4v) is 2.76. The maximum Gasteiger partial charge on any atom is 0.238 e. The second-order valence-electron chi connectivity index (χ2n) is 5.65. The van der Waals surface area contributed by atoms with Gasteiger partial charge in [-0.25, -0.2) is 0 Å². The number of nitrogens with zero attached hydrogens (tertiary/aromatic N) is 1. The van der Waals surface area contributed by atoms with Crippen molar-refractivity contribution in [1.29, 1.82) is 0 Å². The molecule has 1 saturated heterocycles. The van der Waals surface area contributed by atoms with E-state index in [1.54, 1.807) is 12.1 Å². The van der Waals surface area contributed by atoms with Gasteiger partial charge in [-0.05, 0) is 62.5 Å². The van der Waals surface area contributed by atoms with Gasteiger partial charge in [-0.1, -0.05) is 13.3 Å². The molecule has 1 aliphatic rings. The van der Waals surface area contributed by atoms with E-state index in [0.29, 0.717) is 12.2 Å². The van der Waals surface area contributed by atoms with Crippen LogP contribution < -0.4 is 11.1 Å². The van der Waals surface area contributed by atoms with Gasteiger partial charge in [0.25, 0.3) is 0 Å². The van der Waals surface area contributed by atoms with Crippen molar-refractivity contribution in [2.45, 2.75) is 32.6 Å². The van der Waals surface area contributed by atoms with Gasteiger partial charge in [0.05, 0.1) is 6.54 Å². The second kappa shape index (κ2) is 7.29. The summed E-state index contributed by atoms with van der Waals surface area (Å²) in [5.74, 6) is 0.893. The number of rotatable bonds is 4. The van der Waals surface area contributed by atoms with Gasteiger partial charge >= 0.3 is 0 Å². The maximum atomic E-state index is 12.0. The van der Waals surface area contributed by atoms with Crippen molar-refractivity contribution in [3.05, 3.63) is 24.3 Å². The SMILES string of the molecule is CCC1CCCN(CC(=O)Nc2ccc(N)cc2)CC1. The Morgan fingerprint density at radius 1 is 1.30 bits per heavy atom. The Bertz CT molecular complexity index is 430. The number of nitrogens with one attached hydrogen (secondary N) is 1. The number of nitrogen functional groups attached to an aromatic ring is 1. The number of hydrogen-bond donors (Lipinski definition) is 2. The summed E-state index contributed by atoms with van der Waals surface area (Å²) in [6.07, 6.45) is 4.97. The van der Waals surface area contributed by atoms with E-state index in [9.17, 15) is 4.79 Å². The monoisotopic (exact) mass is 275 g/mol. The summed E-state index contributed by atoms with van der Waals surface area (Å²) in [6.45, 7) is 4.81. The molecular formula is C16H25N3O. The normalized spacial score (nSPS) is 20.4. The van der Waals surface area contributed by atoms with Crippen LogP contribution in [0.4, 0.5) is 11.4 Å². The Balaban J connectivity index is 1.80. The first-order chi connectivity index (χ1) is 9.67. The van der Waals surface area contributed by atoms with Crippen LogP contribution in [0.3, 0.4) is 0 Å². The van der Waals surface area contributed by atoms with Crippen molar-refractivity contribution in [2.75, 3.05) is 30.7 Å². The van der Waals surface area contributed by atoms with Gasteiger partial charge in [-0.3, -0.25) is 9.69 Å². The van der Waals surface area contributed by atoms with Crippen molar-refractivity contribution in [2.24, 2.45) is 5.92 Å². The number of carbonyl (C=O) groups is 1. The van der Waals surface area contributed by atoms with E-state index >= 15 is 0 Å². The predicted octanol–water partition coefficient (Wildman–Crippen LogP) is 2.72. The van der Waals surface area contributed by atoms with Crippen molar-refractivity contribution in [1.82, 2.24) is 4.90 Å². The van der Waals surface area contributed by atoms with Crippen LogP contribution in [0.1, 0.15) is 32.6 Å². The molecule has 1 unspecified atom stereocenters. The molecule has 1 heterocycles. The summed E-state index contributed by atoms with van der Waals surface area (Å²) in [4.78, 5) is 14.3. The third kappa shape index (κ3) is 4.53. The highest BCUT2D eigenvalue weighted by atomic mass is 16.2. The van der Waals surface area contributed by atoms with Crippen LogP contribution in [0, 0.1) is 5.92 Å². The highest BCUT2D eigenvalue weighted by Gasteiger charge is 2.17. The van der Waals surface area contributed by atoms with Gasteiger partial charge in [-0.2, -0.15) is 0 Å². The first kappa shape index (κ1) is 14.9. The summed E-state index contributed by atoms with van der Waals surface area (Å²) in [5.41, 5.74) is 7.15. The molecule has 0 aromatic heterocycles. The van der Waals surface area contributed by atoms with Crippen LogP contribution >= 0.6 is 0 Å². The van der Waals surface area contributed by atoms with E-state index in [0.717, 1.165) is 24.7 Å². The zero-order chi connectivity index (χ0) is 14.4. The lowest BCUT2D eigenvalue weighted by Gasteiger charge is -2.19. The molecule has 1 aromatic rings. The average Bonchev–Trinajstić information content (AvgIpc) is 2.66. The molecule has 0 radical (unpaired) electrons. The fourth-order valence-electron chi connectivity index (χ4n) is 2.76. The molecule has 0 saturated carbocycles. The number of nitrogens with two attached hydrogens (primary N) is 1. The van der Waals surface area contributed by atoms with Crippen molar-refractivity contribution >= 4 is 17.3 Å². The van der Waals surface area contributed by atoms with E-state index in [2.05, 4.69) is 17.1 Å². The molecule has 3 N–H and O–H groups in total. The first-order valence-electron chi connectivity index (χ1n) is 7.55. The van der Waals surface area contributed by atoms with Gasteiger partial charge in [0, 0.05) is 11.4 Å². The number of carbonyl (C=O) groups excluding carboxylic acids is 1. The molecule has 110 valence electrons. The Labute approximate surface area is 121 Å². The third-order valence-corrected chi connectivity index (χ3v) is 4.08. The zero-order valence-corrected chi connectivity index (χ0v) is 12.3. The molecule has 0 bridgehead atoms. The average molecular weight is 275 g/mol. The summed E-state index contributed by atoms with van der Waals surface area (Å²) in [6, 6.07) is 7.27. The Morgan fingerprint density at radius 3 is 2.75 bits per heavy atom. The number of anilines is 2. The van der Waals surface area contributed by atoms with E-state index in [1.165, 1.54) is 25.7 Å². The minimum atomic E-state index is 0.0599. The summed E-state index contributed by atoms with van der Waals surface area (Å²) >= 11 is 0. The molecule has 1 aromatic carbocycles. The van der Waals surface area contributed by atoms with Crippen LogP contribution in [-0.2, 0) is 4.79 Å². The Hall–Kier alpha value is -1.55. The molecule has 1 atom stereocenters. The molecule has 0 spiro atoms. The maximum absolute atomic E-state index is 12.0. The Morgan fingerprint density at radius 2 is 2.05 bits per heavy atom. The minimum absolute atomic E-state index is 0.0599. The van der Waals surface area contributed by atoms with Crippen LogP contribution in [-0.4, -0.2) is 30.4 Å².